The van der Waals surface area contributed by atoms with Gasteiger partial charge in [-0.15, -0.1) is 0 Å². The van der Waals surface area contributed by atoms with E-state index in [1.54, 1.807) is 21.4 Å². The lowest BCUT2D eigenvalue weighted by molar-refractivity contribution is 0.104. The van der Waals surface area contributed by atoms with Crippen LogP contribution in [0.1, 0.15) is 5.56 Å². The summed E-state index contributed by atoms with van der Waals surface area (Å²) in [7, 11) is 3.50. The van der Waals surface area contributed by atoms with Crippen molar-refractivity contribution in [1.29, 1.82) is 0 Å². The molecule has 0 amide bonds. The van der Waals surface area contributed by atoms with E-state index in [4.69, 9.17) is 5.73 Å². The van der Waals surface area contributed by atoms with Gasteiger partial charge in [0.2, 0.25) is 0 Å². The van der Waals surface area contributed by atoms with E-state index in [-0.39, 0.29) is 5.56 Å². The van der Waals surface area contributed by atoms with Crippen molar-refractivity contribution in [2.24, 2.45) is 7.05 Å². The number of aromatic nitrogens is 1. The van der Waals surface area contributed by atoms with Gasteiger partial charge >= 0.3 is 0 Å². The second-order valence-electron chi connectivity index (χ2n) is 5.11. The third kappa shape index (κ3) is 2.52. The number of halogens is 2. The number of benzene rings is 2. The number of aryl methyl sites for hydroxylation is 1. The van der Waals surface area contributed by atoms with Crippen LogP contribution in [-0.2, 0) is 12.7 Å². The minimum absolute atomic E-state index is 0.0146. The van der Waals surface area contributed by atoms with Gasteiger partial charge in [-0.2, -0.15) is 8.78 Å². The molecule has 3 aromatic rings. The van der Waals surface area contributed by atoms with Crippen molar-refractivity contribution in [3.8, 4) is 11.3 Å². The summed E-state index contributed by atoms with van der Waals surface area (Å²) in [5, 5.41) is 1.04. The van der Waals surface area contributed by atoms with Gasteiger partial charge in [-0.3, -0.25) is 0 Å². The molecule has 1 atom stereocenters. The summed E-state index contributed by atoms with van der Waals surface area (Å²) in [6.45, 7) is 0. The predicted octanol–water partition coefficient (Wildman–Crippen LogP) is 4.35. The molecule has 0 spiro atoms. The largest absolute Gasteiger partial charge is 0.399 e. The van der Waals surface area contributed by atoms with Gasteiger partial charge in [0.15, 0.2) is 0 Å². The Bertz CT molecular complexity index is 801. The summed E-state index contributed by atoms with van der Waals surface area (Å²) < 4.78 is 28.5. The molecular weight excluding hydrogens is 289 g/mol. The topological polar surface area (TPSA) is 30.9 Å². The third-order valence-electron chi connectivity index (χ3n) is 3.63. The lowest BCUT2D eigenvalue weighted by atomic mass is 10.1. The Hall–Kier alpha value is -1.93. The SMILES string of the molecule is Cn1c(-c2ccc(C(F)(F)P)cc2)cc2cc(N)ccc21. The molecule has 0 saturated carbocycles. The first kappa shape index (κ1) is 14.0. The number of fused-ring (bicyclic) bond motifs is 1. The Morgan fingerprint density at radius 2 is 1.71 bits per heavy atom. The van der Waals surface area contributed by atoms with Gasteiger partial charge in [-0.25, -0.2) is 0 Å². The number of anilines is 1. The summed E-state index contributed by atoms with van der Waals surface area (Å²) in [4.78, 5) is 0. The van der Waals surface area contributed by atoms with Crippen LogP contribution >= 0.6 is 9.24 Å². The van der Waals surface area contributed by atoms with E-state index in [1.165, 1.54) is 12.1 Å². The zero-order valence-electron chi connectivity index (χ0n) is 11.5. The third-order valence-corrected chi connectivity index (χ3v) is 3.97. The first-order chi connectivity index (χ1) is 9.86. The van der Waals surface area contributed by atoms with Gasteiger partial charge in [-0.1, -0.05) is 33.5 Å². The smallest absolute Gasteiger partial charge is 0.283 e. The fourth-order valence-corrected chi connectivity index (χ4v) is 2.70. The number of nitrogens with two attached hydrogens (primary N) is 1. The summed E-state index contributed by atoms with van der Waals surface area (Å²) >= 11 is 0. The van der Waals surface area contributed by atoms with Crippen LogP contribution in [0.3, 0.4) is 0 Å². The van der Waals surface area contributed by atoms with E-state index in [9.17, 15) is 8.78 Å². The summed E-state index contributed by atoms with van der Waals surface area (Å²) in [6.07, 6.45) is 0. The van der Waals surface area contributed by atoms with Crippen molar-refractivity contribution in [3.63, 3.8) is 0 Å². The minimum atomic E-state index is -2.90. The van der Waals surface area contributed by atoms with E-state index in [2.05, 4.69) is 0 Å². The molecule has 0 aliphatic carbocycles. The Morgan fingerprint density at radius 1 is 1.05 bits per heavy atom. The maximum absolute atomic E-state index is 13.2. The Balaban J connectivity index is 2.10. The van der Waals surface area contributed by atoms with Crippen LogP contribution in [0, 0.1) is 0 Å². The average molecular weight is 304 g/mol. The molecule has 0 radical (unpaired) electrons. The van der Waals surface area contributed by atoms with Gasteiger partial charge in [0.05, 0.1) is 0 Å². The molecule has 2 aromatic carbocycles. The molecule has 0 aliphatic rings. The molecule has 1 aromatic heterocycles. The van der Waals surface area contributed by atoms with E-state index < -0.39 is 5.66 Å². The van der Waals surface area contributed by atoms with Gasteiger partial charge in [0, 0.05) is 34.9 Å². The van der Waals surface area contributed by atoms with E-state index in [1.807, 2.05) is 35.9 Å². The molecule has 0 bridgehead atoms. The predicted molar refractivity (Wildman–Crippen MR) is 86.4 cm³/mol. The van der Waals surface area contributed by atoms with Crippen LogP contribution in [0.2, 0.25) is 0 Å². The lowest BCUT2D eigenvalue weighted by Gasteiger charge is -2.11. The molecule has 21 heavy (non-hydrogen) atoms. The van der Waals surface area contributed by atoms with Crippen molar-refractivity contribution in [2.45, 2.75) is 5.66 Å². The van der Waals surface area contributed by atoms with E-state index >= 15 is 0 Å². The molecule has 0 aliphatic heterocycles. The van der Waals surface area contributed by atoms with Crippen molar-refractivity contribution >= 4 is 25.8 Å². The Labute approximate surface area is 123 Å². The standard InChI is InChI=1S/C16H15F2N2P/c1-20-14-7-6-13(19)8-11(14)9-15(20)10-2-4-12(5-3-10)16(17,18)21/h2-9H,19,21H2,1H3. The van der Waals surface area contributed by atoms with Crippen LogP contribution in [0.25, 0.3) is 22.2 Å². The monoisotopic (exact) mass is 304 g/mol. The maximum Gasteiger partial charge on any atom is 0.283 e. The molecule has 3 rings (SSSR count). The Kier molecular flexibility index (Phi) is 3.22. The first-order valence-electron chi connectivity index (χ1n) is 6.49. The average Bonchev–Trinajstić information content (AvgIpc) is 2.74. The highest BCUT2D eigenvalue weighted by Gasteiger charge is 2.24. The fraction of sp³-hybridized carbons (Fsp3) is 0.125. The molecule has 1 unspecified atom stereocenters. The number of nitrogens with zero attached hydrogens (tertiary/aromatic N) is 1. The number of hydrogen-bond acceptors (Lipinski definition) is 1. The van der Waals surface area contributed by atoms with Gasteiger partial charge < -0.3 is 10.3 Å². The molecule has 2 nitrogen and oxygen atoms in total. The van der Waals surface area contributed by atoms with Crippen molar-refractivity contribution in [1.82, 2.24) is 4.57 Å². The van der Waals surface area contributed by atoms with Gasteiger partial charge in [-0.05, 0) is 29.8 Å². The van der Waals surface area contributed by atoms with Crippen LogP contribution in [-0.4, -0.2) is 4.57 Å². The zero-order valence-corrected chi connectivity index (χ0v) is 12.6. The molecule has 5 heteroatoms. The lowest BCUT2D eigenvalue weighted by Crippen LogP contribution is -2.01. The Morgan fingerprint density at radius 3 is 2.33 bits per heavy atom. The summed E-state index contributed by atoms with van der Waals surface area (Å²) in [6, 6.07) is 14.1. The van der Waals surface area contributed by atoms with E-state index in [0.717, 1.165) is 22.2 Å². The van der Waals surface area contributed by atoms with Crippen molar-refractivity contribution in [3.05, 3.63) is 54.1 Å². The maximum atomic E-state index is 13.2. The number of rotatable bonds is 2. The summed E-state index contributed by atoms with van der Waals surface area (Å²) in [5.41, 5.74) is 6.51. The van der Waals surface area contributed by atoms with Crippen LogP contribution in [0.5, 0.6) is 0 Å². The van der Waals surface area contributed by atoms with Crippen LogP contribution in [0.4, 0.5) is 14.5 Å². The quantitative estimate of drug-likeness (QED) is 0.554. The zero-order chi connectivity index (χ0) is 15.2. The molecule has 108 valence electrons. The highest BCUT2D eigenvalue weighted by Crippen LogP contribution is 2.36. The van der Waals surface area contributed by atoms with Crippen LogP contribution < -0.4 is 5.73 Å². The molecular formula is C16H15F2N2P. The van der Waals surface area contributed by atoms with E-state index in [0.29, 0.717) is 5.69 Å². The molecule has 0 fully saturated rings. The molecule has 0 saturated heterocycles. The summed E-state index contributed by atoms with van der Waals surface area (Å²) in [5.74, 6) is 0. The molecule has 2 N–H and O–H groups in total. The number of nitrogen functional groups attached to an aromatic ring is 1. The fourth-order valence-electron chi connectivity index (χ4n) is 2.51. The second-order valence-corrected chi connectivity index (χ2v) is 5.83. The minimum Gasteiger partial charge on any atom is -0.399 e. The van der Waals surface area contributed by atoms with Crippen molar-refractivity contribution < 1.29 is 8.78 Å². The normalized spacial score (nSPS) is 12.0. The number of alkyl halides is 2. The highest BCUT2D eigenvalue weighted by atomic mass is 31.0. The first-order valence-corrected chi connectivity index (χ1v) is 7.06. The highest BCUT2D eigenvalue weighted by molar-refractivity contribution is 7.17. The van der Waals surface area contributed by atoms with Gasteiger partial charge in [0.1, 0.15) is 0 Å². The molecule has 1 heterocycles. The van der Waals surface area contributed by atoms with Crippen molar-refractivity contribution in [2.75, 3.05) is 5.73 Å². The second kappa shape index (κ2) is 4.81. The van der Waals surface area contributed by atoms with Gasteiger partial charge in [0.25, 0.3) is 5.66 Å². The van der Waals surface area contributed by atoms with Crippen LogP contribution in [0.15, 0.2) is 48.5 Å². The number of hydrogen-bond donors (Lipinski definition) is 1.